The number of carbonyl (C=O) groups is 1. The van der Waals surface area contributed by atoms with Crippen molar-refractivity contribution in [2.45, 2.75) is 31.1 Å². The number of fused-ring (bicyclic) bond motifs is 3. The molecule has 1 saturated heterocycles. The minimum absolute atomic E-state index is 0.00763. The maximum Gasteiger partial charge on any atom is 0.274 e. The van der Waals surface area contributed by atoms with Gasteiger partial charge in [0.1, 0.15) is 0 Å². The number of piperidine rings is 1. The topological polar surface area (TPSA) is 79.2 Å². The van der Waals surface area contributed by atoms with E-state index in [2.05, 4.69) is 20.3 Å². The Labute approximate surface area is 138 Å². The molecule has 3 aromatic rings. The van der Waals surface area contributed by atoms with Crippen molar-refractivity contribution in [1.29, 1.82) is 0 Å². The molecule has 122 valence electrons. The zero-order valence-corrected chi connectivity index (χ0v) is 13.3. The summed E-state index contributed by atoms with van der Waals surface area (Å²) in [6.07, 6.45) is 9.49. The van der Waals surface area contributed by atoms with Crippen LogP contribution in [-0.2, 0) is 11.8 Å². The molecule has 1 amide bonds. The number of hydrogen-bond acceptors (Lipinski definition) is 4. The number of H-pyrrole nitrogens is 1. The lowest BCUT2D eigenvalue weighted by atomic mass is 9.77. The lowest BCUT2D eigenvalue weighted by Gasteiger charge is -2.40. The van der Waals surface area contributed by atoms with Crippen LogP contribution >= 0.6 is 0 Å². The Hall–Kier alpha value is -2.70. The molecule has 4 heterocycles. The van der Waals surface area contributed by atoms with Gasteiger partial charge in [-0.25, -0.2) is 9.50 Å². The van der Waals surface area contributed by atoms with Gasteiger partial charge in [-0.15, -0.1) is 0 Å². The number of amides is 1. The molecule has 0 radical (unpaired) electrons. The van der Waals surface area contributed by atoms with Crippen molar-refractivity contribution in [2.75, 3.05) is 13.1 Å². The first-order chi connectivity index (χ1) is 11.8. The zero-order chi connectivity index (χ0) is 16.1. The Morgan fingerprint density at radius 3 is 3.21 bits per heavy atom. The number of imidazole rings is 1. The van der Waals surface area contributed by atoms with Gasteiger partial charge in [-0.2, -0.15) is 10.2 Å². The van der Waals surface area contributed by atoms with E-state index in [1.807, 2.05) is 23.2 Å². The van der Waals surface area contributed by atoms with Gasteiger partial charge >= 0.3 is 0 Å². The quantitative estimate of drug-likeness (QED) is 0.737. The van der Waals surface area contributed by atoms with E-state index in [1.165, 1.54) is 11.3 Å². The molecule has 1 N–H and O–H groups in total. The van der Waals surface area contributed by atoms with E-state index in [1.54, 1.807) is 16.9 Å². The Balaban J connectivity index is 1.48. The first-order valence-corrected chi connectivity index (χ1v) is 8.38. The monoisotopic (exact) mass is 322 g/mol. The van der Waals surface area contributed by atoms with Crippen LogP contribution in [0, 0.1) is 0 Å². The van der Waals surface area contributed by atoms with E-state index in [0.29, 0.717) is 11.3 Å². The highest BCUT2D eigenvalue weighted by Crippen LogP contribution is 2.44. The maximum atomic E-state index is 13.1. The van der Waals surface area contributed by atoms with Crippen LogP contribution in [0.2, 0.25) is 0 Å². The smallest absolute Gasteiger partial charge is 0.274 e. The van der Waals surface area contributed by atoms with Gasteiger partial charge in [0.05, 0.1) is 12.4 Å². The van der Waals surface area contributed by atoms with Gasteiger partial charge in [-0.3, -0.25) is 9.89 Å². The number of aromatic amines is 1. The highest BCUT2D eigenvalue weighted by molar-refractivity contribution is 5.93. The summed E-state index contributed by atoms with van der Waals surface area (Å²) in [6, 6.07) is 3.68. The summed E-state index contributed by atoms with van der Waals surface area (Å²) in [6.45, 7) is 1.52. The summed E-state index contributed by atoms with van der Waals surface area (Å²) in [5, 5.41) is 11.6. The predicted molar refractivity (Wildman–Crippen MR) is 86.7 cm³/mol. The van der Waals surface area contributed by atoms with Gasteiger partial charge in [0, 0.05) is 30.4 Å². The molecule has 7 heteroatoms. The van der Waals surface area contributed by atoms with E-state index in [9.17, 15) is 4.79 Å². The fraction of sp³-hybridized carbons (Fsp3) is 0.412. The van der Waals surface area contributed by atoms with Crippen molar-refractivity contribution < 1.29 is 4.79 Å². The lowest BCUT2D eigenvalue weighted by Crippen LogP contribution is -2.48. The molecule has 0 saturated carbocycles. The van der Waals surface area contributed by atoms with Crippen LogP contribution in [0.15, 0.2) is 30.7 Å². The molecular weight excluding hydrogens is 304 g/mol. The fourth-order valence-corrected chi connectivity index (χ4v) is 4.31. The number of aromatic nitrogens is 5. The molecule has 2 aliphatic rings. The average molecular weight is 322 g/mol. The Morgan fingerprint density at radius 2 is 2.25 bits per heavy atom. The molecule has 1 aliphatic heterocycles. The third-order valence-electron chi connectivity index (χ3n) is 5.48. The van der Waals surface area contributed by atoms with Crippen LogP contribution in [0.3, 0.4) is 0 Å². The molecule has 1 atom stereocenters. The van der Waals surface area contributed by atoms with Crippen LogP contribution in [-0.4, -0.2) is 48.7 Å². The number of nitrogens with one attached hydrogen (secondary N) is 1. The molecular formula is C17H18N6O. The number of likely N-dealkylation sites (tertiary alicyclic amines) is 1. The van der Waals surface area contributed by atoms with Crippen molar-refractivity contribution in [1.82, 2.24) is 29.7 Å². The third-order valence-corrected chi connectivity index (χ3v) is 5.48. The zero-order valence-electron chi connectivity index (χ0n) is 13.3. The maximum absolute atomic E-state index is 13.1. The second-order valence-electron chi connectivity index (χ2n) is 6.82. The lowest BCUT2D eigenvalue weighted by molar-refractivity contribution is 0.0624. The first kappa shape index (κ1) is 13.7. The molecule has 1 aliphatic carbocycles. The molecule has 5 rings (SSSR count). The largest absolute Gasteiger partial charge is 0.336 e. The molecule has 24 heavy (non-hydrogen) atoms. The van der Waals surface area contributed by atoms with Gasteiger partial charge in [-0.1, -0.05) is 0 Å². The molecule has 0 bridgehead atoms. The second kappa shape index (κ2) is 4.90. The van der Waals surface area contributed by atoms with Crippen molar-refractivity contribution in [2.24, 2.45) is 0 Å². The van der Waals surface area contributed by atoms with Gasteiger partial charge in [0.2, 0.25) is 0 Å². The fourth-order valence-electron chi connectivity index (χ4n) is 4.31. The highest BCUT2D eigenvalue weighted by Gasteiger charge is 2.44. The van der Waals surface area contributed by atoms with E-state index in [4.69, 9.17) is 0 Å². The SMILES string of the molecule is O=C(c1cnc2cccnn12)N1CCCC2(CCc3cn[nH]c32)C1. The molecule has 1 spiro atoms. The van der Waals surface area contributed by atoms with Crippen molar-refractivity contribution in [3.8, 4) is 0 Å². The highest BCUT2D eigenvalue weighted by atomic mass is 16.2. The van der Waals surface area contributed by atoms with Crippen LogP contribution < -0.4 is 0 Å². The van der Waals surface area contributed by atoms with Crippen LogP contribution in [0.1, 0.15) is 41.0 Å². The standard InChI is InChI=1S/C17H18N6O/c24-16(13-10-18-14-3-1-7-20-23(13)14)22-8-2-5-17(11-22)6-4-12-9-19-21-15(12)17/h1,3,7,9-10H,2,4-6,8,11H2,(H,19,21). The molecule has 7 nitrogen and oxygen atoms in total. The van der Waals surface area contributed by atoms with Gasteiger partial charge in [-0.05, 0) is 43.4 Å². The summed E-state index contributed by atoms with van der Waals surface area (Å²) in [7, 11) is 0. The molecule has 1 unspecified atom stereocenters. The van der Waals surface area contributed by atoms with E-state index < -0.39 is 0 Å². The van der Waals surface area contributed by atoms with Crippen LogP contribution in [0.25, 0.3) is 5.65 Å². The van der Waals surface area contributed by atoms with E-state index >= 15 is 0 Å². The minimum Gasteiger partial charge on any atom is -0.336 e. The number of hydrogen-bond donors (Lipinski definition) is 1. The first-order valence-electron chi connectivity index (χ1n) is 8.38. The van der Waals surface area contributed by atoms with Crippen molar-refractivity contribution in [3.05, 3.63) is 47.7 Å². The van der Waals surface area contributed by atoms with E-state index in [0.717, 1.165) is 38.8 Å². The second-order valence-corrected chi connectivity index (χ2v) is 6.82. The molecule has 1 fully saturated rings. The number of carbonyl (C=O) groups excluding carboxylic acids is 1. The number of aryl methyl sites for hydroxylation is 1. The summed E-state index contributed by atoms with van der Waals surface area (Å²) < 4.78 is 1.62. The molecule has 0 aromatic carbocycles. The summed E-state index contributed by atoms with van der Waals surface area (Å²) in [4.78, 5) is 19.3. The minimum atomic E-state index is 0.00763. The summed E-state index contributed by atoms with van der Waals surface area (Å²) in [5.41, 5.74) is 3.81. The average Bonchev–Trinajstić information content (AvgIpc) is 3.32. The van der Waals surface area contributed by atoms with Crippen LogP contribution in [0.4, 0.5) is 0 Å². The third kappa shape index (κ3) is 1.84. The van der Waals surface area contributed by atoms with Gasteiger partial charge in [0.25, 0.3) is 5.91 Å². The Bertz CT molecular complexity index is 928. The number of nitrogens with zero attached hydrogens (tertiary/aromatic N) is 5. The number of rotatable bonds is 1. The molecule has 3 aromatic heterocycles. The Morgan fingerprint density at radius 1 is 1.29 bits per heavy atom. The van der Waals surface area contributed by atoms with Gasteiger partial charge < -0.3 is 4.90 Å². The van der Waals surface area contributed by atoms with Crippen molar-refractivity contribution >= 4 is 11.6 Å². The van der Waals surface area contributed by atoms with Crippen molar-refractivity contribution in [3.63, 3.8) is 0 Å². The Kier molecular flexibility index (Phi) is 2.80. The van der Waals surface area contributed by atoms with E-state index in [-0.39, 0.29) is 11.3 Å². The van der Waals surface area contributed by atoms with Crippen LogP contribution in [0.5, 0.6) is 0 Å². The summed E-state index contributed by atoms with van der Waals surface area (Å²) in [5.74, 6) is 0.00763. The van der Waals surface area contributed by atoms with Gasteiger partial charge in [0.15, 0.2) is 11.3 Å². The normalized spacial score (nSPS) is 23.1. The predicted octanol–water partition coefficient (Wildman–Crippen LogP) is 1.57. The summed E-state index contributed by atoms with van der Waals surface area (Å²) >= 11 is 0.